The molecular weight excluding hydrogens is 234 g/mol. The monoisotopic (exact) mass is 247 g/mol. The van der Waals surface area contributed by atoms with E-state index in [2.05, 4.69) is 10.5 Å². The van der Waals surface area contributed by atoms with E-state index in [1.807, 2.05) is 11.6 Å². The predicted octanol–water partition coefficient (Wildman–Crippen LogP) is -0.852. The number of aryl methyl sites for hydroxylation is 1. The molecule has 0 aliphatic rings. The Hall–Kier alpha value is -1.41. The molecule has 0 spiro atoms. The Balaban J connectivity index is 2.31. The van der Waals surface area contributed by atoms with Gasteiger partial charge < -0.3 is 9.84 Å². The lowest BCUT2D eigenvalue weighted by Gasteiger charge is -2.03. The van der Waals surface area contributed by atoms with Gasteiger partial charge >= 0.3 is 0 Å². The molecule has 0 saturated carbocycles. The van der Waals surface area contributed by atoms with E-state index in [1.165, 1.54) is 6.26 Å². The van der Waals surface area contributed by atoms with Crippen LogP contribution in [0.15, 0.2) is 10.8 Å². The van der Waals surface area contributed by atoms with Crippen LogP contribution in [0.1, 0.15) is 11.3 Å². The SMILES string of the molecule is Cc1conc1CNCC(=O)NS(C)(=O)=O. The molecule has 2 N–H and O–H groups in total. The van der Waals surface area contributed by atoms with Crippen LogP contribution in [-0.4, -0.2) is 32.3 Å². The van der Waals surface area contributed by atoms with Gasteiger partial charge in [0.2, 0.25) is 15.9 Å². The van der Waals surface area contributed by atoms with E-state index in [4.69, 9.17) is 4.52 Å². The Morgan fingerprint density at radius 3 is 2.75 bits per heavy atom. The van der Waals surface area contributed by atoms with Crippen LogP contribution in [0.3, 0.4) is 0 Å². The Morgan fingerprint density at radius 1 is 1.56 bits per heavy atom. The summed E-state index contributed by atoms with van der Waals surface area (Å²) in [7, 11) is -3.49. The fourth-order valence-corrected chi connectivity index (χ4v) is 1.50. The van der Waals surface area contributed by atoms with Crippen molar-refractivity contribution in [2.75, 3.05) is 12.8 Å². The van der Waals surface area contributed by atoms with Gasteiger partial charge in [-0.2, -0.15) is 0 Å². The van der Waals surface area contributed by atoms with Crippen molar-refractivity contribution in [2.45, 2.75) is 13.5 Å². The van der Waals surface area contributed by atoms with E-state index >= 15 is 0 Å². The van der Waals surface area contributed by atoms with Crippen molar-refractivity contribution in [3.8, 4) is 0 Å². The van der Waals surface area contributed by atoms with Crippen LogP contribution in [0.25, 0.3) is 0 Å². The maximum atomic E-state index is 11.1. The number of carbonyl (C=O) groups excluding carboxylic acids is 1. The summed E-state index contributed by atoms with van der Waals surface area (Å²) in [5.74, 6) is -0.608. The van der Waals surface area contributed by atoms with E-state index in [1.54, 1.807) is 0 Å². The standard InChI is InChI=1S/C8H13N3O4S/c1-6-5-15-10-7(6)3-9-4-8(12)11-16(2,13)14/h5,9H,3-4H2,1-2H3,(H,11,12). The lowest BCUT2D eigenvalue weighted by atomic mass is 10.3. The van der Waals surface area contributed by atoms with Crippen molar-refractivity contribution in [3.63, 3.8) is 0 Å². The second kappa shape index (κ2) is 5.08. The fourth-order valence-electron chi connectivity index (χ4n) is 1.02. The van der Waals surface area contributed by atoms with Crippen molar-refractivity contribution in [3.05, 3.63) is 17.5 Å². The van der Waals surface area contributed by atoms with Gasteiger partial charge in [0, 0.05) is 12.1 Å². The highest BCUT2D eigenvalue weighted by Crippen LogP contribution is 2.02. The smallest absolute Gasteiger partial charge is 0.247 e. The van der Waals surface area contributed by atoms with Gasteiger partial charge in [-0.1, -0.05) is 5.16 Å². The van der Waals surface area contributed by atoms with Crippen molar-refractivity contribution in [2.24, 2.45) is 0 Å². The van der Waals surface area contributed by atoms with Crippen molar-refractivity contribution < 1.29 is 17.7 Å². The number of sulfonamides is 1. The minimum Gasteiger partial charge on any atom is -0.364 e. The van der Waals surface area contributed by atoms with Crippen LogP contribution in [0, 0.1) is 6.92 Å². The maximum Gasteiger partial charge on any atom is 0.247 e. The average molecular weight is 247 g/mol. The molecule has 1 rings (SSSR count). The van der Waals surface area contributed by atoms with E-state index in [0.29, 0.717) is 12.2 Å². The number of carbonyl (C=O) groups is 1. The molecule has 0 aliphatic carbocycles. The Bertz CT molecular complexity index is 465. The van der Waals surface area contributed by atoms with Crippen LogP contribution in [0.5, 0.6) is 0 Å². The van der Waals surface area contributed by atoms with Crippen LogP contribution in [0.2, 0.25) is 0 Å². The van der Waals surface area contributed by atoms with Gasteiger partial charge in [-0.15, -0.1) is 0 Å². The summed E-state index contributed by atoms with van der Waals surface area (Å²) >= 11 is 0. The molecule has 7 nitrogen and oxygen atoms in total. The number of rotatable bonds is 5. The molecule has 16 heavy (non-hydrogen) atoms. The van der Waals surface area contributed by atoms with Crippen LogP contribution >= 0.6 is 0 Å². The van der Waals surface area contributed by atoms with Crippen LogP contribution < -0.4 is 10.0 Å². The molecule has 0 radical (unpaired) electrons. The molecular formula is C8H13N3O4S. The van der Waals surface area contributed by atoms with Crippen LogP contribution in [-0.2, 0) is 21.4 Å². The predicted molar refractivity (Wildman–Crippen MR) is 55.9 cm³/mol. The van der Waals surface area contributed by atoms with Gasteiger partial charge in [-0.05, 0) is 6.92 Å². The van der Waals surface area contributed by atoms with Gasteiger partial charge in [-0.3, -0.25) is 9.52 Å². The molecule has 0 unspecified atom stereocenters. The fraction of sp³-hybridized carbons (Fsp3) is 0.500. The largest absolute Gasteiger partial charge is 0.364 e. The second-order valence-electron chi connectivity index (χ2n) is 3.35. The third-order valence-electron chi connectivity index (χ3n) is 1.72. The minimum absolute atomic E-state index is 0.0978. The molecule has 1 heterocycles. The lowest BCUT2D eigenvalue weighted by Crippen LogP contribution is -2.36. The molecule has 1 aromatic heterocycles. The average Bonchev–Trinajstić information content (AvgIpc) is 2.48. The normalized spacial score (nSPS) is 11.4. The summed E-state index contributed by atoms with van der Waals surface area (Å²) < 4.78 is 27.9. The first-order chi connectivity index (χ1) is 7.38. The molecule has 0 aliphatic heterocycles. The minimum atomic E-state index is -3.49. The van der Waals surface area contributed by atoms with Gasteiger partial charge in [0.15, 0.2) is 0 Å². The molecule has 0 saturated heterocycles. The maximum absolute atomic E-state index is 11.1. The first-order valence-electron chi connectivity index (χ1n) is 4.49. The summed E-state index contributed by atoms with van der Waals surface area (Å²) in [6, 6.07) is 0. The molecule has 0 fully saturated rings. The second-order valence-corrected chi connectivity index (χ2v) is 5.09. The highest BCUT2D eigenvalue weighted by atomic mass is 32.2. The Kier molecular flexibility index (Phi) is 4.02. The van der Waals surface area contributed by atoms with Crippen molar-refractivity contribution in [1.29, 1.82) is 0 Å². The highest BCUT2D eigenvalue weighted by Gasteiger charge is 2.08. The Morgan fingerprint density at radius 2 is 2.25 bits per heavy atom. The first-order valence-corrected chi connectivity index (χ1v) is 6.39. The number of hydrogen-bond acceptors (Lipinski definition) is 6. The number of nitrogens with one attached hydrogen (secondary N) is 2. The zero-order valence-electron chi connectivity index (χ0n) is 8.98. The molecule has 0 aromatic carbocycles. The van der Waals surface area contributed by atoms with E-state index < -0.39 is 15.9 Å². The van der Waals surface area contributed by atoms with Gasteiger partial charge in [-0.25, -0.2) is 8.42 Å². The van der Waals surface area contributed by atoms with Gasteiger partial charge in [0.1, 0.15) is 12.0 Å². The summed E-state index contributed by atoms with van der Waals surface area (Å²) in [5, 5.41) is 6.45. The zero-order valence-corrected chi connectivity index (χ0v) is 9.80. The number of hydrogen-bond donors (Lipinski definition) is 2. The van der Waals surface area contributed by atoms with Crippen molar-refractivity contribution >= 4 is 15.9 Å². The topological polar surface area (TPSA) is 101 Å². The summed E-state index contributed by atoms with van der Waals surface area (Å²) in [4.78, 5) is 11.1. The summed E-state index contributed by atoms with van der Waals surface area (Å²) in [6.45, 7) is 2.07. The molecule has 1 amide bonds. The number of amides is 1. The Labute approximate surface area is 93.2 Å². The van der Waals surface area contributed by atoms with Crippen LogP contribution in [0.4, 0.5) is 0 Å². The third-order valence-corrected chi connectivity index (χ3v) is 2.32. The molecule has 8 heteroatoms. The molecule has 0 bridgehead atoms. The number of aromatic nitrogens is 1. The van der Waals surface area contributed by atoms with Crippen molar-refractivity contribution in [1.82, 2.24) is 15.2 Å². The third kappa shape index (κ3) is 4.41. The van der Waals surface area contributed by atoms with E-state index in [0.717, 1.165) is 11.8 Å². The molecule has 1 aromatic rings. The highest BCUT2D eigenvalue weighted by molar-refractivity contribution is 7.89. The van der Waals surface area contributed by atoms with Gasteiger partial charge in [0.05, 0.1) is 12.8 Å². The van der Waals surface area contributed by atoms with E-state index in [9.17, 15) is 13.2 Å². The quantitative estimate of drug-likeness (QED) is 0.702. The summed E-state index contributed by atoms with van der Waals surface area (Å²) in [6.07, 6.45) is 2.42. The van der Waals surface area contributed by atoms with Gasteiger partial charge in [0.25, 0.3) is 0 Å². The molecule has 0 atom stereocenters. The molecule has 90 valence electrons. The summed E-state index contributed by atoms with van der Waals surface area (Å²) in [5.41, 5.74) is 1.56. The zero-order chi connectivity index (χ0) is 12.2. The number of nitrogens with zero attached hydrogens (tertiary/aromatic N) is 1. The lowest BCUT2D eigenvalue weighted by molar-refractivity contribution is -0.118. The van der Waals surface area contributed by atoms with E-state index in [-0.39, 0.29) is 6.54 Å². The first kappa shape index (κ1) is 12.7.